The van der Waals surface area contributed by atoms with Gasteiger partial charge in [0.1, 0.15) is 11.2 Å². The van der Waals surface area contributed by atoms with E-state index >= 15 is 0 Å². The number of aliphatic hydroxyl groups excluding tert-OH is 1. The van der Waals surface area contributed by atoms with E-state index in [9.17, 15) is 20.4 Å². The standard InChI is InChI=1S/C14H30O4/c1-6-11(15)13(17,9-4)14(18,10-5)12(16,7-2)8-3/h11,15-18H,6-10H2,1-5H3/t11?,13-,14+/m1/s1. The fraction of sp³-hybridized carbons (Fsp3) is 1.00. The third-order valence-corrected chi connectivity index (χ3v) is 4.64. The average molecular weight is 262 g/mol. The smallest absolute Gasteiger partial charge is 0.124 e. The van der Waals surface area contributed by atoms with Crippen molar-refractivity contribution in [2.45, 2.75) is 89.6 Å². The van der Waals surface area contributed by atoms with Crippen LogP contribution in [0.1, 0.15) is 66.7 Å². The van der Waals surface area contributed by atoms with Gasteiger partial charge in [-0.2, -0.15) is 0 Å². The molecule has 110 valence electrons. The summed E-state index contributed by atoms with van der Waals surface area (Å²) in [7, 11) is 0. The maximum Gasteiger partial charge on any atom is 0.124 e. The Morgan fingerprint density at radius 3 is 1.44 bits per heavy atom. The van der Waals surface area contributed by atoms with Gasteiger partial charge in [-0.25, -0.2) is 0 Å². The lowest BCUT2D eigenvalue weighted by Crippen LogP contribution is -2.71. The van der Waals surface area contributed by atoms with Crippen LogP contribution in [0.15, 0.2) is 0 Å². The molecular weight excluding hydrogens is 232 g/mol. The zero-order valence-electron chi connectivity index (χ0n) is 12.4. The minimum Gasteiger partial charge on any atom is -0.390 e. The molecule has 0 aromatic carbocycles. The Labute approximate surface area is 111 Å². The van der Waals surface area contributed by atoms with Crippen molar-refractivity contribution in [2.24, 2.45) is 0 Å². The summed E-state index contributed by atoms with van der Waals surface area (Å²) in [4.78, 5) is 0. The summed E-state index contributed by atoms with van der Waals surface area (Å²) in [6, 6.07) is 0. The van der Waals surface area contributed by atoms with E-state index in [0.29, 0.717) is 19.3 Å². The van der Waals surface area contributed by atoms with Crippen LogP contribution in [-0.2, 0) is 0 Å². The second-order valence-electron chi connectivity index (χ2n) is 5.15. The predicted octanol–water partition coefficient (Wildman–Crippen LogP) is 1.59. The van der Waals surface area contributed by atoms with Crippen LogP contribution < -0.4 is 0 Å². The van der Waals surface area contributed by atoms with Gasteiger partial charge < -0.3 is 20.4 Å². The van der Waals surface area contributed by atoms with E-state index in [1.54, 1.807) is 34.6 Å². The fourth-order valence-electron chi connectivity index (χ4n) is 3.01. The van der Waals surface area contributed by atoms with Gasteiger partial charge in [0.2, 0.25) is 0 Å². The molecule has 0 saturated carbocycles. The molecule has 0 aliphatic carbocycles. The highest BCUT2D eigenvalue weighted by Gasteiger charge is 2.60. The van der Waals surface area contributed by atoms with Crippen LogP contribution in [0.2, 0.25) is 0 Å². The Balaban J connectivity index is 5.75. The number of rotatable bonds is 8. The molecule has 0 aromatic rings. The normalized spacial score (nSPS) is 21.2. The van der Waals surface area contributed by atoms with Gasteiger partial charge in [-0.1, -0.05) is 34.6 Å². The van der Waals surface area contributed by atoms with Crippen LogP contribution in [0.3, 0.4) is 0 Å². The molecule has 4 heteroatoms. The third kappa shape index (κ3) is 2.44. The summed E-state index contributed by atoms with van der Waals surface area (Å²) in [5, 5.41) is 42.4. The molecule has 0 bridgehead atoms. The van der Waals surface area contributed by atoms with Gasteiger partial charge in [-0.3, -0.25) is 0 Å². The van der Waals surface area contributed by atoms with E-state index in [4.69, 9.17) is 0 Å². The number of hydrogen-bond donors (Lipinski definition) is 4. The Morgan fingerprint density at radius 2 is 1.22 bits per heavy atom. The molecule has 0 aromatic heterocycles. The summed E-state index contributed by atoms with van der Waals surface area (Å²) in [6.45, 7) is 8.74. The third-order valence-electron chi connectivity index (χ3n) is 4.64. The Hall–Kier alpha value is -0.160. The van der Waals surface area contributed by atoms with Crippen LogP contribution in [-0.4, -0.2) is 43.3 Å². The largest absolute Gasteiger partial charge is 0.390 e. The maximum atomic E-state index is 10.9. The Bertz CT molecular complexity index is 252. The van der Waals surface area contributed by atoms with Crippen molar-refractivity contribution in [1.82, 2.24) is 0 Å². The zero-order chi connectivity index (χ0) is 14.6. The minimum atomic E-state index is -1.71. The molecule has 4 N–H and O–H groups in total. The summed E-state index contributed by atoms with van der Waals surface area (Å²) in [5.74, 6) is 0. The molecule has 0 aliphatic heterocycles. The lowest BCUT2D eigenvalue weighted by molar-refractivity contribution is -0.278. The molecule has 0 spiro atoms. The SMILES string of the molecule is CCC(O)[C@](O)(CC)[C@](O)(CC)C(O)(CC)CC. The highest BCUT2D eigenvalue weighted by atomic mass is 16.4. The highest BCUT2D eigenvalue weighted by molar-refractivity contribution is 5.12. The molecule has 0 aliphatic rings. The van der Waals surface area contributed by atoms with E-state index < -0.39 is 22.9 Å². The predicted molar refractivity (Wildman–Crippen MR) is 72.3 cm³/mol. The molecular formula is C14H30O4. The van der Waals surface area contributed by atoms with Gasteiger partial charge in [0.15, 0.2) is 0 Å². The molecule has 0 heterocycles. The Morgan fingerprint density at radius 1 is 0.778 bits per heavy atom. The molecule has 3 atom stereocenters. The molecule has 0 fully saturated rings. The van der Waals surface area contributed by atoms with E-state index in [2.05, 4.69) is 0 Å². The van der Waals surface area contributed by atoms with Crippen molar-refractivity contribution in [3.8, 4) is 0 Å². The van der Waals surface area contributed by atoms with Crippen LogP contribution in [0, 0.1) is 0 Å². The van der Waals surface area contributed by atoms with Crippen molar-refractivity contribution in [3.05, 3.63) is 0 Å². The number of hydrogen-bond acceptors (Lipinski definition) is 4. The zero-order valence-corrected chi connectivity index (χ0v) is 12.4. The minimum absolute atomic E-state index is 0.187. The second-order valence-corrected chi connectivity index (χ2v) is 5.15. The summed E-state index contributed by atoms with van der Waals surface area (Å²) in [6.07, 6.45) is 0.299. The van der Waals surface area contributed by atoms with E-state index in [1.807, 2.05) is 0 Å². The van der Waals surface area contributed by atoms with Crippen LogP contribution >= 0.6 is 0 Å². The Kier molecular flexibility index (Phi) is 6.27. The van der Waals surface area contributed by atoms with Gasteiger partial charge in [-0.15, -0.1) is 0 Å². The first-order valence-electron chi connectivity index (χ1n) is 7.08. The lowest BCUT2D eigenvalue weighted by Gasteiger charge is -2.53. The van der Waals surface area contributed by atoms with Crippen molar-refractivity contribution in [2.75, 3.05) is 0 Å². The highest BCUT2D eigenvalue weighted by Crippen LogP contribution is 2.44. The van der Waals surface area contributed by atoms with E-state index in [1.165, 1.54) is 0 Å². The molecule has 0 radical (unpaired) electrons. The van der Waals surface area contributed by atoms with Crippen molar-refractivity contribution >= 4 is 0 Å². The van der Waals surface area contributed by atoms with Gasteiger partial charge in [0.05, 0.1) is 11.7 Å². The van der Waals surface area contributed by atoms with E-state index in [-0.39, 0.29) is 12.8 Å². The molecule has 0 amide bonds. The average Bonchev–Trinajstić information content (AvgIpc) is 2.42. The van der Waals surface area contributed by atoms with E-state index in [0.717, 1.165) is 0 Å². The van der Waals surface area contributed by atoms with Gasteiger partial charge >= 0.3 is 0 Å². The summed E-state index contributed by atoms with van der Waals surface area (Å²) >= 11 is 0. The fourth-order valence-corrected chi connectivity index (χ4v) is 3.01. The van der Waals surface area contributed by atoms with Crippen molar-refractivity contribution < 1.29 is 20.4 Å². The van der Waals surface area contributed by atoms with Gasteiger partial charge in [0, 0.05) is 0 Å². The monoisotopic (exact) mass is 262 g/mol. The first-order valence-corrected chi connectivity index (χ1v) is 7.08. The summed E-state index contributed by atoms with van der Waals surface area (Å²) < 4.78 is 0. The topological polar surface area (TPSA) is 80.9 Å². The molecule has 1 unspecified atom stereocenters. The maximum absolute atomic E-state index is 10.9. The molecule has 4 nitrogen and oxygen atoms in total. The van der Waals surface area contributed by atoms with Crippen LogP contribution in [0.25, 0.3) is 0 Å². The van der Waals surface area contributed by atoms with Gasteiger partial charge in [0.25, 0.3) is 0 Å². The molecule has 0 rings (SSSR count). The van der Waals surface area contributed by atoms with Crippen molar-refractivity contribution in [1.29, 1.82) is 0 Å². The van der Waals surface area contributed by atoms with Gasteiger partial charge in [-0.05, 0) is 32.1 Å². The quantitative estimate of drug-likeness (QED) is 0.535. The first kappa shape index (κ1) is 17.8. The first-order chi connectivity index (χ1) is 8.22. The van der Waals surface area contributed by atoms with Crippen LogP contribution in [0.5, 0.6) is 0 Å². The second kappa shape index (κ2) is 6.33. The molecule has 0 saturated heterocycles. The lowest BCUT2D eigenvalue weighted by atomic mass is 9.63. The summed E-state index contributed by atoms with van der Waals surface area (Å²) in [5.41, 5.74) is -4.81. The van der Waals surface area contributed by atoms with Crippen molar-refractivity contribution in [3.63, 3.8) is 0 Å². The molecule has 18 heavy (non-hydrogen) atoms. The number of aliphatic hydroxyl groups is 4. The van der Waals surface area contributed by atoms with Crippen LogP contribution in [0.4, 0.5) is 0 Å².